The van der Waals surface area contributed by atoms with Crippen LogP contribution < -0.4 is 0 Å². The zero-order valence-electron chi connectivity index (χ0n) is 25.3. The highest BCUT2D eigenvalue weighted by Crippen LogP contribution is 2.48. The minimum atomic E-state index is -2.47. The van der Waals surface area contributed by atoms with E-state index in [1.54, 1.807) is 0 Å². The van der Waals surface area contributed by atoms with Crippen LogP contribution >= 0.6 is 8.60 Å². The predicted molar refractivity (Wildman–Crippen MR) is 156 cm³/mol. The molecule has 36 heavy (non-hydrogen) atoms. The van der Waals surface area contributed by atoms with E-state index in [1.165, 1.54) is 44.5 Å². The van der Waals surface area contributed by atoms with Gasteiger partial charge < -0.3 is 14.3 Å². The quantitative estimate of drug-likeness (QED) is 0.392. The van der Waals surface area contributed by atoms with Gasteiger partial charge in [0.15, 0.2) is 0 Å². The second kappa shape index (κ2) is 10.5. The second-order valence-corrected chi connectivity index (χ2v) is 15.3. The fourth-order valence-electron chi connectivity index (χ4n) is 5.66. The standard InChI is InChI=1S/C32H51O3P/c1-20-15-17-23(29(3,4)5)27(31(9,10)11)25(20)22(19-35-36(33)34)26-21(2)16-18-24(30(6,7)8)28(26)32(12,13)14/h15-18,22,33-34H,19H2,1-14H3. The SMILES string of the molecule is Cc1ccc(C(C)(C)C)c(C(C)(C)C)c1C(COP(O)O)c1c(C)ccc(C(C)(C)C)c1C(C)(C)C. The Morgan fingerprint density at radius 2 is 0.944 bits per heavy atom. The van der Waals surface area contributed by atoms with Crippen molar-refractivity contribution in [2.24, 2.45) is 0 Å². The number of rotatable bonds is 5. The Bertz CT molecular complexity index is 990. The third kappa shape index (κ3) is 6.79. The molecule has 2 rings (SSSR count). The summed E-state index contributed by atoms with van der Waals surface area (Å²) in [4.78, 5) is 19.7. The molecular formula is C32H51O3P. The topological polar surface area (TPSA) is 49.7 Å². The van der Waals surface area contributed by atoms with Crippen molar-refractivity contribution in [2.45, 2.75) is 125 Å². The van der Waals surface area contributed by atoms with E-state index in [2.05, 4.69) is 121 Å². The number of hydrogen-bond donors (Lipinski definition) is 2. The van der Waals surface area contributed by atoms with Crippen molar-refractivity contribution in [2.75, 3.05) is 6.61 Å². The van der Waals surface area contributed by atoms with Crippen molar-refractivity contribution in [1.29, 1.82) is 0 Å². The van der Waals surface area contributed by atoms with Crippen LogP contribution in [0.5, 0.6) is 0 Å². The van der Waals surface area contributed by atoms with Crippen LogP contribution in [0.15, 0.2) is 24.3 Å². The van der Waals surface area contributed by atoms with Gasteiger partial charge in [0.05, 0.1) is 6.61 Å². The van der Waals surface area contributed by atoms with Gasteiger partial charge in [0, 0.05) is 5.92 Å². The van der Waals surface area contributed by atoms with Crippen LogP contribution in [0.25, 0.3) is 0 Å². The van der Waals surface area contributed by atoms with Crippen LogP contribution in [0.4, 0.5) is 0 Å². The molecule has 4 heteroatoms. The maximum Gasteiger partial charge on any atom is 0.327 e. The first-order chi connectivity index (χ1) is 16.1. The largest absolute Gasteiger partial charge is 0.328 e. The molecule has 0 saturated heterocycles. The molecule has 0 spiro atoms. The Morgan fingerprint density at radius 3 is 1.19 bits per heavy atom. The monoisotopic (exact) mass is 514 g/mol. The van der Waals surface area contributed by atoms with E-state index in [-0.39, 0.29) is 34.2 Å². The van der Waals surface area contributed by atoms with Gasteiger partial charge in [-0.15, -0.1) is 0 Å². The van der Waals surface area contributed by atoms with Crippen molar-refractivity contribution in [3.8, 4) is 0 Å². The Hall–Kier alpha value is -1.25. The summed E-state index contributed by atoms with van der Waals surface area (Å²) in [5, 5.41) is 0. The van der Waals surface area contributed by atoms with Crippen molar-refractivity contribution in [3.05, 3.63) is 68.8 Å². The van der Waals surface area contributed by atoms with Crippen molar-refractivity contribution in [1.82, 2.24) is 0 Å². The second-order valence-electron chi connectivity index (χ2n) is 14.5. The van der Waals surface area contributed by atoms with Crippen molar-refractivity contribution >= 4 is 8.60 Å². The molecule has 0 saturated carbocycles. The molecule has 0 atom stereocenters. The minimum absolute atomic E-state index is 0.0355. The van der Waals surface area contributed by atoms with Crippen LogP contribution in [-0.2, 0) is 26.2 Å². The summed E-state index contributed by atoms with van der Waals surface area (Å²) in [5.41, 5.74) is 9.98. The highest BCUT2D eigenvalue weighted by Gasteiger charge is 2.37. The van der Waals surface area contributed by atoms with Crippen LogP contribution in [0.3, 0.4) is 0 Å². The van der Waals surface area contributed by atoms with Gasteiger partial charge in [-0.05, 0) is 80.0 Å². The van der Waals surface area contributed by atoms with E-state index in [9.17, 15) is 9.79 Å². The molecule has 0 fully saturated rings. The molecular weight excluding hydrogens is 463 g/mol. The van der Waals surface area contributed by atoms with Gasteiger partial charge >= 0.3 is 8.60 Å². The van der Waals surface area contributed by atoms with Crippen LogP contribution in [-0.4, -0.2) is 16.4 Å². The van der Waals surface area contributed by atoms with E-state index >= 15 is 0 Å². The fraction of sp³-hybridized carbons (Fsp3) is 0.625. The van der Waals surface area contributed by atoms with E-state index in [0.717, 1.165) is 0 Å². The van der Waals surface area contributed by atoms with Gasteiger partial charge in [-0.2, -0.15) is 0 Å². The van der Waals surface area contributed by atoms with Crippen LogP contribution in [0.1, 0.15) is 134 Å². The van der Waals surface area contributed by atoms with E-state index in [4.69, 9.17) is 4.52 Å². The Balaban J connectivity index is 3.16. The molecule has 202 valence electrons. The summed E-state index contributed by atoms with van der Waals surface area (Å²) >= 11 is 0. The zero-order chi connectivity index (χ0) is 28.0. The molecule has 0 radical (unpaired) electrons. The van der Waals surface area contributed by atoms with Gasteiger partial charge in [-0.1, -0.05) is 107 Å². The molecule has 0 amide bonds. The van der Waals surface area contributed by atoms with Crippen LogP contribution in [0, 0.1) is 13.8 Å². The molecule has 0 unspecified atom stereocenters. The molecule has 0 aliphatic carbocycles. The summed E-state index contributed by atoms with van der Waals surface area (Å²) in [7, 11) is -2.47. The average Bonchev–Trinajstić information content (AvgIpc) is 2.65. The summed E-state index contributed by atoms with van der Waals surface area (Å²) < 4.78 is 5.69. The van der Waals surface area contributed by atoms with Gasteiger partial charge in [0.25, 0.3) is 0 Å². The van der Waals surface area contributed by atoms with Gasteiger partial charge in [-0.25, -0.2) is 0 Å². The zero-order valence-corrected chi connectivity index (χ0v) is 26.2. The first-order valence-corrected chi connectivity index (χ1v) is 14.3. The number of benzene rings is 2. The number of aryl methyl sites for hydroxylation is 2. The third-order valence-electron chi connectivity index (χ3n) is 7.10. The molecule has 2 aromatic rings. The smallest absolute Gasteiger partial charge is 0.327 e. The molecule has 0 aliphatic rings. The molecule has 2 aromatic carbocycles. The molecule has 3 nitrogen and oxygen atoms in total. The minimum Gasteiger partial charge on any atom is -0.328 e. The summed E-state index contributed by atoms with van der Waals surface area (Å²) in [6.45, 7) is 31.9. The molecule has 2 N–H and O–H groups in total. The summed E-state index contributed by atoms with van der Waals surface area (Å²) in [6, 6.07) is 9.04. The number of hydrogen-bond acceptors (Lipinski definition) is 3. The molecule has 0 aliphatic heterocycles. The van der Waals surface area contributed by atoms with Crippen molar-refractivity contribution in [3.63, 3.8) is 0 Å². The first kappa shape index (κ1) is 31.0. The molecule has 0 heterocycles. The van der Waals surface area contributed by atoms with E-state index < -0.39 is 8.60 Å². The van der Waals surface area contributed by atoms with Gasteiger partial charge in [-0.3, -0.25) is 0 Å². The lowest BCUT2D eigenvalue weighted by atomic mass is 9.66. The van der Waals surface area contributed by atoms with Crippen molar-refractivity contribution < 1.29 is 14.3 Å². The first-order valence-electron chi connectivity index (χ1n) is 13.2. The van der Waals surface area contributed by atoms with Crippen LogP contribution in [0.2, 0.25) is 0 Å². The Labute approximate surface area is 222 Å². The van der Waals surface area contributed by atoms with Gasteiger partial charge in [0.1, 0.15) is 0 Å². The summed E-state index contributed by atoms with van der Waals surface area (Å²) in [6.07, 6.45) is 0. The maximum absolute atomic E-state index is 9.86. The lowest BCUT2D eigenvalue weighted by Crippen LogP contribution is -2.30. The average molecular weight is 515 g/mol. The third-order valence-corrected chi connectivity index (χ3v) is 7.48. The Kier molecular flexibility index (Phi) is 9.02. The highest BCUT2D eigenvalue weighted by molar-refractivity contribution is 7.39. The van der Waals surface area contributed by atoms with E-state index in [1.807, 2.05) is 0 Å². The highest BCUT2D eigenvalue weighted by atomic mass is 31.2. The lowest BCUT2D eigenvalue weighted by Gasteiger charge is -2.39. The summed E-state index contributed by atoms with van der Waals surface area (Å²) in [5.74, 6) is -0.137. The normalized spacial score (nSPS) is 13.7. The Morgan fingerprint density at radius 1 is 0.611 bits per heavy atom. The molecule has 0 aromatic heterocycles. The maximum atomic E-state index is 9.86. The fourth-order valence-corrected chi connectivity index (χ4v) is 5.95. The van der Waals surface area contributed by atoms with Gasteiger partial charge in [0.2, 0.25) is 0 Å². The lowest BCUT2D eigenvalue weighted by molar-refractivity contribution is 0.245. The van der Waals surface area contributed by atoms with E-state index in [0.29, 0.717) is 0 Å². The molecule has 0 bridgehead atoms. The predicted octanol–water partition coefficient (Wildman–Crippen LogP) is 8.85.